The van der Waals surface area contributed by atoms with Gasteiger partial charge in [0.25, 0.3) is 12.9 Å². The highest BCUT2D eigenvalue weighted by molar-refractivity contribution is 5.40. The third-order valence-corrected chi connectivity index (χ3v) is 3.51. The Morgan fingerprint density at radius 2 is 1.71 bits per heavy atom. The second-order valence-corrected chi connectivity index (χ2v) is 5.69. The lowest BCUT2D eigenvalue weighted by Crippen LogP contribution is -2.38. The highest BCUT2D eigenvalue weighted by atomic mass is 16.3. The molecule has 0 radical (unpaired) electrons. The van der Waals surface area contributed by atoms with Crippen LogP contribution in [0.15, 0.2) is 12.1 Å². The van der Waals surface area contributed by atoms with Crippen LogP contribution in [0.1, 0.15) is 25.5 Å². The molecule has 0 aliphatic carbocycles. The van der Waals surface area contributed by atoms with E-state index in [0.717, 1.165) is 18.1 Å². The fourth-order valence-corrected chi connectivity index (χ4v) is 2.28. The quantitative estimate of drug-likeness (QED) is 0.656. The van der Waals surface area contributed by atoms with Gasteiger partial charge in [-0.2, -0.15) is 5.10 Å². The first-order valence-electron chi connectivity index (χ1n) is 7.41. The molecule has 0 unspecified atom stereocenters. The fourth-order valence-electron chi connectivity index (χ4n) is 2.28. The highest BCUT2D eigenvalue weighted by Gasteiger charge is 2.33. The van der Waals surface area contributed by atoms with E-state index in [9.17, 15) is 5.11 Å². The van der Waals surface area contributed by atoms with E-state index in [1.807, 2.05) is 26.2 Å². The van der Waals surface area contributed by atoms with Gasteiger partial charge < -0.3 is 25.1 Å². The summed E-state index contributed by atoms with van der Waals surface area (Å²) in [6.07, 6.45) is -0.327. The van der Waals surface area contributed by atoms with Crippen LogP contribution in [-0.2, 0) is 9.59 Å². The van der Waals surface area contributed by atoms with Crippen molar-refractivity contribution in [3.05, 3.63) is 17.8 Å². The Balaban J connectivity index is 0.000000772. The molecule has 1 aromatic heterocycles. The van der Waals surface area contributed by atoms with Gasteiger partial charge in [-0.3, -0.25) is 9.59 Å². The third-order valence-electron chi connectivity index (χ3n) is 3.51. The van der Waals surface area contributed by atoms with Crippen molar-refractivity contribution in [1.82, 2.24) is 15.1 Å². The van der Waals surface area contributed by atoms with Crippen molar-refractivity contribution in [2.24, 2.45) is 0 Å². The van der Waals surface area contributed by atoms with Gasteiger partial charge in [-0.15, -0.1) is 5.10 Å². The van der Waals surface area contributed by atoms with Gasteiger partial charge in [0.1, 0.15) is 0 Å². The largest absolute Gasteiger partial charge is 0.483 e. The molecule has 1 saturated heterocycles. The van der Waals surface area contributed by atoms with Crippen molar-refractivity contribution < 1.29 is 24.9 Å². The van der Waals surface area contributed by atoms with Gasteiger partial charge in [-0.25, -0.2) is 0 Å². The van der Waals surface area contributed by atoms with Gasteiger partial charge in [-0.05, 0) is 32.1 Å². The molecule has 2 rings (SSSR count). The van der Waals surface area contributed by atoms with Crippen molar-refractivity contribution in [1.29, 1.82) is 0 Å². The molecule has 24 heavy (non-hydrogen) atoms. The normalized spacial score (nSPS) is 19.2. The molecule has 0 bridgehead atoms. The Labute approximate surface area is 141 Å². The summed E-state index contributed by atoms with van der Waals surface area (Å²) in [4.78, 5) is 20.9. The zero-order valence-corrected chi connectivity index (χ0v) is 14.4. The summed E-state index contributed by atoms with van der Waals surface area (Å²) in [6, 6.07) is 4.17. The Kier molecular flexibility index (Phi) is 10.2. The minimum atomic E-state index is -0.327. The summed E-state index contributed by atoms with van der Waals surface area (Å²) in [5, 5.41) is 32.3. The summed E-state index contributed by atoms with van der Waals surface area (Å²) >= 11 is 0. The topological polar surface area (TPSA) is 127 Å². The maximum atomic E-state index is 10.0. The molecule has 2 atom stereocenters. The number of aliphatic hydroxyl groups excluding tert-OH is 1. The number of aromatic nitrogens is 2. The average Bonchev–Trinajstić information content (AvgIpc) is 2.91. The van der Waals surface area contributed by atoms with Crippen LogP contribution in [0.25, 0.3) is 0 Å². The van der Waals surface area contributed by atoms with Crippen LogP contribution in [0, 0.1) is 0 Å². The lowest BCUT2D eigenvalue weighted by molar-refractivity contribution is -0.123. The first-order valence-corrected chi connectivity index (χ1v) is 7.41. The van der Waals surface area contributed by atoms with Crippen LogP contribution in [0.5, 0.6) is 0 Å². The molecule has 1 aliphatic heterocycles. The molecule has 2 heterocycles. The SMILES string of the molecule is CC(C)c1ccc(N2C[C@H](O)[C@@H](N(C)C)C2)nn1.O=CO.O=CO. The van der Waals surface area contributed by atoms with Gasteiger partial charge in [0.05, 0.1) is 17.8 Å². The summed E-state index contributed by atoms with van der Waals surface area (Å²) in [5.41, 5.74) is 1.00. The lowest BCUT2D eigenvalue weighted by atomic mass is 10.1. The number of hydrogen-bond donors (Lipinski definition) is 3. The Morgan fingerprint density at radius 1 is 1.17 bits per heavy atom. The standard InChI is InChI=1S/C13H22N4O.2CH2O2/c1-9(2)10-5-6-13(15-14-10)17-7-11(16(3)4)12(18)8-17;2*2-1-3/h5-6,9,11-12,18H,7-8H2,1-4H3;2*1H,(H,2,3)/t11-,12-;;/m0../s1. The van der Waals surface area contributed by atoms with Crippen LogP contribution in [0.3, 0.4) is 0 Å². The van der Waals surface area contributed by atoms with E-state index in [4.69, 9.17) is 19.8 Å². The van der Waals surface area contributed by atoms with Crippen LogP contribution in [0.2, 0.25) is 0 Å². The van der Waals surface area contributed by atoms with E-state index in [2.05, 4.69) is 33.8 Å². The Morgan fingerprint density at radius 3 is 2.04 bits per heavy atom. The second kappa shape index (κ2) is 11.3. The fraction of sp³-hybridized carbons (Fsp3) is 0.600. The van der Waals surface area contributed by atoms with Gasteiger partial charge in [0, 0.05) is 13.1 Å². The number of rotatable bonds is 3. The van der Waals surface area contributed by atoms with Crippen molar-refractivity contribution in [3.63, 3.8) is 0 Å². The summed E-state index contributed by atoms with van der Waals surface area (Å²) in [6.45, 7) is 5.12. The lowest BCUT2D eigenvalue weighted by Gasteiger charge is -2.21. The zero-order chi connectivity index (χ0) is 18.7. The summed E-state index contributed by atoms with van der Waals surface area (Å²) in [5.74, 6) is 1.24. The monoisotopic (exact) mass is 342 g/mol. The van der Waals surface area contributed by atoms with Crippen molar-refractivity contribution in [2.75, 3.05) is 32.1 Å². The summed E-state index contributed by atoms with van der Waals surface area (Å²) in [7, 11) is 3.98. The second-order valence-electron chi connectivity index (χ2n) is 5.69. The molecule has 136 valence electrons. The smallest absolute Gasteiger partial charge is 0.290 e. The van der Waals surface area contributed by atoms with E-state index in [-0.39, 0.29) is 25.1 Å². The van der Waals surface area contributed by atoms with Crippen molar-refractivity contribution in [2.45, 2.75) is 31.9 Å². The van der Waals surface area contributed by atoms with Crippen LogP contribution < -0.4 is 4.90 Å². The summed E-state index contributed by atoms with van der Waals surface area (Å²) < 4.78 is 0. The van der Waals surface area contributed by atoms with E-state index in [0.29, 0.717) is 12.5 Å². The maximum absolute atomic E-state index is 10.0. The molecule has 9 heteroatoms. The number of hydrogen-bond acceptors (Lipinski definition) is 7. The number of likely N-dealkylation sites (N-methyl/N-ethyl adjacent to an activating group) is 1. The molecule has 0 amide bonds. The van der Waals surface area contributed by atoms with E-state index in [1.54, 1.807) is 0 Å². The third kappa shape index (κ3) is 6.88. The molecular formula is C15H26N4O5. The molecule has 9 nitrogen and oxygen atoms in total. The van der Waals surface area contributed by atoms with E-state index < -0.39 is 0 Å². The number of carbonyl (C=O) groups is 2. The molecule has 0 spiro atoms. The Bertz CT molecular complexity index is 475. The van der Waals surface area contributed by atoms with Gasteiger partial charge >= 0.3 is 0 Å². The average molecular weight is 342 g/mol. The first-order chi connectivity index (χ1) is 11.3. The zero-order valence-electron chi connectivity index (χ0n) is 14.4. The highest BCUT2D eigenvalue weighted by Crippen LogP contribution is 2.21. The van der Waals surface area contributed by atoms with Crippen LogP contribution in [0.4, 0.5) is 5.82 Å². The molecule has 1 fully saturated rings. The molecule has 0 aromatic carbocycles. The molecule has 3 N–H and O–H groups in total. The Hall–Kier alpha value is -2.26. The number of β-amino-alcohol motifs (C(OH)–C–C–N with tert-alkyl or cyclic N) is 1. The predicted octanol–water partition coefficient (Wildman–Crippen LogP) is 0.113. The first kappa shape index (κ1) is 21.7. The predicted molar refractivity (Wildman–Crippen MR) is 89.2 cm³/mol. The molecular weight excluding hydrogens is 316 g/mol. The van der Waals surface area contributed by atoms with E-state index >= 15 is 0 Å². The maximum Gasteiger partial charge on any atom is 0.290 e. The molecule has 1 aliphatic rings. The van der Waals surface area contributed by atoms with Crippen LogP contribution in [-0.4, -0.2) is 82.7 Å². The van der Waals surface area contributed by atoms with Gasteiger partial charge in [-0.1, -0.05) is 13.8 Å². The minimum Gasteiger partial charge on any atom is -0.483 e. The van der Waals surface area contributed by atoms with Gasteiger partial charge in [0.15, 0.2) is 5.82 Å². The minimum absolute atomic E-state index is 0.163. The number of anilines is 1. The number of aliphatic hydroxyl groups is 1. The molecule has 0 saturated carbocycles. The van der Waals surface area contributed by atoms with Crippen molar-refractivity contribution in [3.8, 4) is 0 Å². The van der Waals surface area contributed by atoms with Gasteiger partial charge in [0.2, 0.25) is 0 Å². The van der Waals surface area contributed by atoms with Crippen LogP contribution >= 0.6 is 0 Å². The number of nitrogens with zero attached hydrogens (tertiary/aromatic N) is 4. The number of carboxylic acid groups (broad SMARTS) is 2. The molecule has 1 aromatic rings. The van der Waals surface area contributed by atoms with E-state index in [1.165, 1.54) is 0 Å². The van der Waals surface area contributed by atoms with Crippen molar-refractivity contribution >= 4 is 18.8 Å².